The lowest BCUT2D eigenvalue weighted by Crippen LogP contribution is -2.39. The summed E-state index contributed by atoms with van der Waals surface area (Å²) in [5.74, 6) is -0.528. The Bertz CT molecular complexity index is 1600. The van der Waals surface area contributed by atoms with Gasteiger partial charge in [-0.15, -0.1) is 0 Å². The maximum absolute atomic E-state index is 12.6. The number of hydrazine groups is 1. The highest BCUT2D eigenvalue weighted by atomic mass is 16.3. The van der Waals surface area contributed by atoms with E-state index in [1.807, 2.05) is 25.1 Å². The van der Waals surface area contributed by atoms with Crippen molar-refractivity contribution in [1.82, 2.24) is 15.4 Å². The fraction of sp³-hybridized carbons (Fsp3) is 0.103. The number of aromatic nitrogens is 1. The van der Waals surface area contributed by atoms with Gasteiger partial charge in [-0.1, -0.05) is 48.5 Å². The maximum Gasteiger partial charge on any atom is 0.265 e. The number of benzene rings is 4. The highest BCUT2D eigenvalue weighted by molar-refractivity contribution is 5.94. The number of phenols is 1. The van der Waals surface area contributed by atoms with Crippen molar-refractivity contribution in [2.75, 3.05) is 0 Å². The van der Waals surface area contributed by atoms with Crippen molar-refractivity contribution in [2.24, 2.45) is 0 Å². The molecule has 0 saturated carbocycles. The Morgan fingerprint density at radius 2 is 1.83 bits per heavy atom. The molecule has 1 aromatic heterocycles. The van der Waals surface area contributed by atoms with Crippen molar-refractivity contribution >= 4 is 27.6 Å². The zero-order valence-corrected chi connectivity index (χ0v) is 19.2. The van der Waals surface area contributed by atoms with Gasteiger partial charge in [-0.25, -0.2) is 5.43 Å². The van der Waals surface area contributed by atoms with E-state index in [0.29, 0.717) is 5.56 Å². The van der Waals surface area contributed by atoms with Crippen LogP contribution in [0.4, 0.5) is 0 Å². The van der Waals surface area contributed by atoms with Gasteiger partial charge in [-0.3, -0.25) is 10.2 Å². The van der Waals surface area contributed by atoms with Gasteiger partial charge in [0, 0.05) is 35.2 Å². The van der Waals surface area contributed by atoms with E-state index in [2.05, 4.69) is 76.2 Å². The summed E-state index contributed by atoms with van der Waals surface area (Å²) >= 11 is 0. The summed E-state index contributed by atoms with van der Waals surface area (Å²) in [4.78, 5) is 12.6. The van der Waals surface area contributed by atoms with E-state index in [1.54, 1.807) is 0 Å². The third kappa shape index (κ3) is 4.45. The zero-order chi connectivity index (χ0) is 24.4. The minimum atomic E-state index is -0.380. The van der Waals surface area contributed by atoms with Gasteiger partial charge in [0.25, 0.3) is 5.91 Å². The highest BCUT2D eigenvalue weighted by Gasteiger charge is 2.14. The Morgan fingerprint density at radius 3 is 2.66 bits per heavy atom. The van der Waals surface area contributed by atoms with Crippen LogP contribution in [0.25, 0.3) is 21.7 Å². The number of rotatable bonds is 6. The predicted octanol–water partition coefficient (Wildman–Crippen LogP) is 5.42. The van der Waals surface area contributed by atoms with Crippen LogP contribution in [0.2, 0.25) is 0 Å². The molecular weight excluding hydrogens is 436 g/mol. The average Bonchev–Trinajstić information content (AvgIpc) is 3.30. The van der Waals surface area contributed by atoms with Crippen LogP contribution >= 0.6 is 0 Å². The molecule has 0 aliphatic heterocycles. The van der Waals surface area contributed by atoms with E-state index < -0.39 is 0 Å². The first kappa shape index (κ1) is 22.2. The number of carbonyl (C=O) groups excluding carboxylic acids is 1. The number of hydrogen-bond acceptors (Lipinski definition) is 4. The van der Waals surface area contributed by atoms with Crippen LogP contribution in [-0.2, 0) is 6.54 Å². The molecule has 1 amide bonds. The second-order valence-electron chi connectivity index (χ2n) is 8.57. The summed E-state index contributed by atoms with van der Waals surface area (Å²) in [5, 5.41) is 22.3. The largest absolute Gasteiger partial charge is 0.507 e. The van der Waals surface area contributed by atoms with Crippen LogP contribution in [0.3, 0.4) is 0 Å². The third-order valence-electron chi connectivity index (χ3n) is 6.26. The quantitative estimate of drug-likeness (QED) is 0.295. The van der Waals surface area contributed by atoms with E-state index in [0.717, 1.165) is 23.0 Å². The van der Waals surface area contributed by atoms with Crippen molar-refractivity contribution in [1.29, 1.82) is 5.26 Å². The number of nitrogens with one attached hydrogen (secondary N) is 2. The number of carbonyl (C=O) groups is 1. The van der Waals surface area contributed by atoms with Gasteiger partial charge in [0.05, 0.1) is 5.56 Å². The molecule has 1 unspecified atom stereocenters. The fourth-order valence-electron chi connectivity index (χ4n) is 4.39. The van der Waals surface area contributed by atoms with Crippen molar-refractivity contribution in [3.8, 4) is 11.8 Å². The summed E-state index contributed by atoms with van der Waals surface area (Å²) in [6.07, 6.45) is 2.09. The molecule has 172 valence electrons. The number of nitriles is 1. The molecule has 0 saturated heterocycles. The Balaban J connectivity index is 1.33. The lowest BCUT2D eigenvalue weighted by Gasteiger charge is -2.17. The van der Waals surface area contributed by atoms with Gasteiger partial charge in [-0.05, 0) is 65.2 Å². The molecule has 1 atom stereocenters. The minimum absolute atomic E-state index is 0.0585. The van der Waals surface area contributed by atoms with Crippen LogP contribution in [0.15, 0.2) is 91.1 Å². The Kier molecular flexibility index (Phi) is 5.92. The SMILES string of the molecule is CC(NNC(=O)c1ccc(O)c(C#N)c1)c1cccc2c1ccn2Cc1ccc2ccccc2c1. The molecule has 1 heterocycles. The van der Waals surface area contributed by atoms with Crippen LogP contribution in [0.5, 0.6) is 5.75 Å². The topological polar surface area (TPSA) is 90.1 Å². The molecule has 6 heteroatoms. The average molecular weight is 461 g/mol. The van der Waals surface area contributed by atoms with Gasteiger partial charge in [0.2, 0.25) is 0 Å². The summed E-state index contributed by atoms with van der Waals surface area (Å²) in [6, 6.07) is 29.1. The number of phenolic OH excluding ortho intramolecular Hbond substituents is 1. The Hall–Kier alpha value is -4.60. The van der Waals surface area contributed by atoms with Gasteiger partial charge in [-0.2, -0.15) is 5.26 Å². The Labute approximate surface area is 203 Å². The number of amides is 1. The van der Waals surface area contributed by atoms with Crippen molar-refractivity contribution < 1.29 is 9.90 Å². The smallest absolute Gasteiger partial charge is 0.265 e. The Morgan fingerprint density at radius 1 is 1.00 bits per heavy atom. The van der Waals surface area contributed by atoms with E-state index in [1.165, 1.54) is 34.5 Å². The molecule has 0 bridgehead atoms. The molecule has 4 aromatic carbocycles. The predicted molar refractivity (Wildman–Crippen MR) is 137 cm³/mol. The van der Waals surface area contributed by atoms with Crippen LogP contribution in [-0.4, -0.2) is 15.6 Å². The summed E-state index contributed by atoms with van der Waals surface area (Å²) in [6.45, 7) is 2.74. The molecule has 3 N–H and O–H groups in total. The minimum Gasteiger partial charge on any atom is -0.507 e. The normalized spacial score (nSPS) is 11.9. The fourth-order valence-corrected chi connectivity index (χ4v) is 4.39. The molecule has 6 nitrogen and oxygen atoms in total. The van der Waals surface area contributed by atoms with Gasteiger partial charge < -0.3 is 9.67 Å². The lowest BCUT2D eigenvalue weighted by molar-refractivity contribution is 0.0926. The van der Waals surface area contributed by atoms with Crippen molar-refractivity contribution in [3.63, 3.8) is 0 Å². The lowest BCUT2D eigenvalue weighted by atomic mass is 10.0. The molecule has 5 rings (SSSR count). The summed E-state index contributed by atoms with van der Waals surface area (Å²) < 4.78 is 2.23. The molecule has 5 aromatic rings. The second-order valence-corrected chi connectivity index (χ2v) is 8.57. The molecular formula is C29H24N4O2. The molecule has 0 aliphatic rings. The zero-order valence-electron chi connectivity index (χ0n) is 19.2. The number of fused-ring (bicyclic) bond motifs is 2. The van der Waals surface area contributed by atoms with E-state index in [-0.39, 0.29) is 23.3 Å². The first-order valence-electron chi connectivity index (χ1n) is 11.4. The highest BCUT2D eigenvalue weighted by Crippen LogP contribution is 2.26. The van der Waals surface area contributed by atoms with Gasteiger partial charge in [0.15, 0.2) is 0 Å². The first-order valence-corrected chi connectivity index (χ1v) is 11.4. The van der Waals surface area contributed by atoms with Gasteiger partial charge >= 0.3 is 0 Å². The number of hydrogen-bond donors (Lipinski definition) is 3. The molecule has 0 aliphatic carbocycles. The first-order chi connectivity index (χ1) is 17.0. The molecule has 0 fully saturated rings. The molecule has 35 heavy (non-hydrogen) atoms. The van der Waals surface area contributed by atoms with Crippen LogP contribution in [0, 0.1) is 11.3 Å². The van der Waals surface area contributed by atoms with E-state index in [4.69, 9.17) is 5.26 Å². The standard InChI is InChI=1S/C29H24N4O2/c1-19(31-32-29(35)23-11-12-28(34)24(16-23)17-30)25-7-4-8-27-26(25)13-14-33(27)18-20-9-10-21-5-2-3-6-22(21)15-20/h2-16,19,31,34H,18H2,1H3,(H,32,35). The third-order valence-corrected chi connectivity index (χ3v) is 6.26. The second kappa shape index (κ2) is 9.34. The number of aromatic hydroxyl groups is 1. The molecule has 0 spiro atoms. The van der Waals surface area contributed by atoms with Crippen LogP contribution < -0.4 is 10.9 Å². The number of nitrogens with zero attached hydrogens (tertiary/aromatic N) is 2. The van der Waals surface area contributed by atoms with Crippen LogP contribution in [0.1, 0.15) is 40.0 Å². The monoisotopic (exact) mass is 460 g/mol. The summed E-state index contributed by atoms with van der Waals surface area (Å²) in [5.41, 5.74) is 9.53. The van der Waals surface area contributed by atoms with E-state index >= 15 is 0 Å². The molecule has 0 radical (unpaired) electrons. The van der Waals surface area contributed by atoms with E-state index in [9.17, 15) is 9.90 Å². The van der Waals surface area contributed by atoms with Crippen molar-refractivity contribution in [2.45, 2.75) is 19.5 Å². The van der Waals surface area contributed by atoms with Crippen molar-refractivity contribution in [3.05, 3.63) is 113 Å². The maximum atomic E-state index is 12.6. The summed E-state index contributed by atoms with van der Waals surface area (Å²) in [7, 11) is 0. The van der Waals surface area contributed by atoms with Gasteiger partial charge in [0.1, 0.15) is 11.8 Å².